The normalized spacial score (nSPS) is 34.7. The third-order valence-corrected chi connectivity index (χ3v) is 13.8. The summed E-state index contributed by atoms with van der Waals surface area (Å²) in [5.74, 6) is 5.50. The zero-order valence-corrected chi connectivity index (χ0v) is 30.1. The molecule has 3 unspecified atom stereocenters. The van der Waals surface area contributed by atoms with Crippen LogP contribution in [0.2, 0.25) is 0 Å². The smallest absolute Gasteiger partial charge is 0.305 e. The molecule has 2 aromatic rings. The maximum absolute atomic E-state index is 12.6. The Morgan fingerprint density at radius 3 is 2.12 bits per heavy atom. The number of esters is 1. The Morgan fingerprint density at radius 1 is 0.792 bits per heavy atom. The Balaban J connectivity index is 1.16. The van der Waals surface area contributed by atoms with Gasteiger partial charge in [-0.05, 0) is 153 Å². The van der Waals surface area contributed by atoms with Crippen molar-refractivity contribution in [1.82, 2.24) is 0 Å². The fraction of sp³-hybridized carbons (Fsp3) is 0.690. The molecule has 0 radical (unpaired) electrons. The Bertz CT molecular complexity index is 1350. The summed E-state index contributed by atoms with van der Waals surface area (Å²) in [7, 11) is 0. The molecule has 4 aliphatic carbocycles. The van der Waals surface area contributed by atoms with Crippen LogP contribution in [-0.2, 0) is 9.53 Å². The van der Waals surface area contributed by atoms with Crippen molar-refractivity contribution >= 4 is 17.3 Å². The molecule has 0 heterocycles. The fourth-order valence-electron chi connectivity index (χ4n) is 11.2. The standard InChI is InChI=1S/C42H62N2O4/c1-5-6-7-8-25-46-40(45)20-9-28(2)35-18-19-36-34-27-39(48-32-16-12-30(44)13-17-32)38-26-33(47-31-14-10-29(43)11-15-31)21-23-42(38,4)37(34)22-24-41(35,36)3/h10-17,28,33-39H,5-9,18-27,43-44H2,1-4H3/t28-,33?,34+,35-,36+,37+,38?,39?,41-,42-/m1/s1. The molecule has 0 amide bonds. The van der Waals surface area contributed by atoms with Crippen molar-refractivity contribution in [3.05, 3.63) is 48.5 Å². The summed E-state index contributed by atoms with van der Waals surface area (Å²) in [6, 6.07) is 15.8. The molecule has 6 rings (SSSR count). The molecule has 4 N–H and O–H groups in total. The van der Waals surface area contributed by atoms with E-state index in [-0.39, 0.29) is 23.6 Å². The van der Waals surface area contributed by atoms with Gasteiger partial charge in [0.25, 0.3) is 0 Å². The lowest BCUT2D eigenvalue weighted by Gasteiger charge is -2.63. The van der Waals surface area contributed by atoms with Crippen LogP contribution in [0, 0.1) is 46.3 Å². The van der Waals surface area contributed by atoms with Crippen LogP contribution in [0.4, 0.5) is 11.4 Å². The van der Waals surface area contributed by atoms with Crippen molar-refractivity contribution in [2.75, 3.05) is 18.1 Å². The number of nitrogens with two attached hydrogens (primary N) is 2. The van der Waals surface area contributed by atoms with Gasteiger partial charge in [-0.3, -0.25) is 4.79 Å². The lowest BCUT2D eigenvalue weighted by Crippen LogP contribution is -2.59. The molecule has 4 saturated carbocycles. The Morgan fingerprint density at radius 2 is 1.44 bits per heavy atom. The van der Waals surface area contributed by atoms with Gasteiger partial charge >= 0.3 is 5.97 Å². The monoisotopic (exact) mass is 658 g/mol. The predicted molar refractivity (Wildman–Crippen MR) is 195 cm³/mol. The van der Waals surface area contributed by atoms with Crippen LogP contribution in [0.15, 0.2) is 48.5 Å². The molecule has 0 aliphatic heterocycles. The van der Waals surface area contributed by atoms with Gasteiger partial charge in [0.2, 0.25) is 0 Å². The molecule has 4 aliphatic rings. The second kappa shape index (κ2) is 14.9. The highest BCUT2D eigenvalue weighted by Gasteiger charge is 2.63. The Labute approximate surface area is 290 Å². The number of hydrogen-bond acceptors (Lipinski definition) is 6. The van der Waals surface area contributed by atoms with Gasteiger partial charge in [0.15, 0.2) is 0 Å². The van der Waals surface area contributed by atoms with E-state index in [0.717, 1.165) is 61.4 Å². The van der Waals surface area contributed by atoms with Crippen molar-refractivity contribution in [3.63, 3.8) is 0 Å². The van der Waals surface area contributed by atoms with Gasteiger partial charge in [0, 0.05) is 23.7 Å². The number of unbranched alkanes of at least 4 members (excludes halogenated alkanes) is 3. The molecule has 6 heteroatoms. The summed E-state index contributed by atoms with van der Waals surface area (Å²) >= 11 is 0. The first-order valence-electron chi connectivity index (χ1n) is 19.3. The zero-order chi connectivity index (χ0) is 33.9. The van der Waals surface area contributed by atoms with E-state index in [4.69, 9.17) is 25.7 Å². The molecular formula is C42H62N2O4. The molecule has 48 heavy (non-hydrogen) atoms. The molecule has 4 fully saturated rings. The van der Waals surface area contributed by atoms with Crippen molar-refractivity contribution in [3.8, 4) is 11.5 Å². The molecular weight excluding hydrogens is 596 g/mol. The molecule has 0 bridgehead atoms. The van der Waals surface area contributed by atoms with E-state index in [0.29, 0.717) is 54.0 Å². The maximum atomic E-state index is 12.6. The molecule has 0 spiro atoms. The van der Waals surface area contributed by atoms with Crippen molar-refractivity contribution in [2.24, 2.45) is 46.3 Å². The predicted octanol–water partition coefficient (Wildman–Crippen LogP) is 9.85. The van der Waals surface area contributed by atoms with Crippen LogP contribution in [0.3, 0.4) is 0 Å². The molecule has 264 valence electrons. The second-order valence-electron chi connectivity index (χ2n) is 16.6. The van der Waals surface area contributed by atoms with E-state index in [1.165, 1.54) is 44.9 Å². The summed E-state index contributed by atoms with van der Waals surface area (Å²) < 4.78 is 19.2. The highest BCUT2D eigenvalue weighted by molar-refractivity contribution is 5.69. The number of hydrogen-bond donors (Lipinski definition) is 2. The van der Waals surface area contributed by atoms with E-state index in [1.807, 2.05) is 48.5 Å². The topological polar surface area (TPSA) is 96.8 Å². The Kier molecular flexibility index (Phi) is 10.9. The third-order valence-electron chi connectivity index (χ3n) is 13.8. The van der Waals surface area contributed by atoms with Gasteiger partial charge in [0.1, 0.15) is 17.6 Å². The first kappa shape index (κ1) is 35.0. The van der Waals surface area contributed by atoms with Crippen LogP contribution in [-0.4, -0.2) is 24.8 Å². The zero-order valence-electron chi connectivity index (χ0n) is 30.1. The van der Waals surface area contributed by atoms with E-state index in [9.17, 15) is 4.79 Å². The van der Waals surface area contributed by atoms with E-state index >= 15 is 0 Å². The number of nitrogen functional groups attached to an aromatic ring is 2. The van der Waals surface area contributed by atoms with E-state index in [2.05, 4.69) is 27.7 Å². The maximum Gasteiger partial charge on any atom is 0.305 e. The number of carbonyl (C=O) groups excluding carboxylic acids is 1. The molecule has 0 saturated heterocycles. The van der Waals surface area contributed by atoms with Gasteiger partial charge in [-0.1, -0.05) is 47.0 Å². The van der Waals surface area contributed by atoms with E-state index in [1.54, 1.807) is 0 Å². The fourth-order valence-corrected chi connectivity index (χ4v) is 11.2. The van der Waals surface area contributed by atoms with Gasteiger partial charge in [-0.25, -0.2) is 0 Å². The largest absolute Gasteiger partial charge is 0.490 e. The number of rotatable bonds is 13. The van der Waals surface area contributed by atoms with Crippen LogP contribution in [0.25, 0.3) is 0 Å². The number of anilines is 2. The number of fused-ring (bicyclic) bond motifs is 5. The molecule has 0 aromatic heterocycles. The Hall–Kier alpha value is -2.89. The summed E-state index contributed by atoms with van der Waals surface area (Å²) in [6.07, 6.45) is 15.9. The average Bonchev–Trinajstić information content (AvgIpc) is 3.43. The number of ether oxygens (including phenoxy) is 3. The molecule has 10 atom stereocenters. The van der Waals surface area contributed by atoms with Crippen molar-refractivity contribution in [2.45, 2.75) is 130 Å². The first-order valence-corrected chi connectivity index (χ1v) is 19.3. The lowest BCUT2D eigenvalue weighted by atomic mass is 9.43. The lowest BCUT2D eigenvalue weighted by molar-refractivity contribution is -0.164. The average molecular weight is 659 g/mol. The third kappa shape index (κ3) is 7.33. The van der Waals surface area contributed by atoms with Crippen molar-refractivity contribution in [1.29, 1.82) is 0 Å². The highest BCUT2D eigenvalue weighted by Crippen LogP contribution is 2.68. The molecule has 2 aromatic carbocycles. The minimum atomic E-state index is -0.00774. The van der Waals surface area contributed by atoms with Gasteiger partial charge in [-0.2, -0.15) is 0 Å². The molecule has 6 nitrogen and oxygen atoms in total. The first-order chi connectivity index (χ1) is 23.1. The summed E-state index contributed by atoms with van der Waals surface area (Å²) in [5.41, 5.74) is 14.1. The SMILES string of the molecule is CCCCCCOC(=O)CC[C@@H](C)[C@H]1CC[C@H]2[C@@H]3CC(Oc4ccc(N)cc4)C4CC(Oc5ccc(N)cc5)CC[C@]4(C)[C@H]3CC[C@]12C. The highest BCUT2D eigenvalue weighted by atomic mass is 16.5. The number of carbonyl (C=O) groups is 1. The van der Waals surface area contributed by atoms with Crippen molar-refractivity contribution < 1.29 is 19.0 Å². The summed E-state index contributed by atoms with van der Waals surface area (Å²) in [4.78, 5) is 12.6. The minimum absolute atomic E-state index is 0.00774. The number of benzene rings is 2. The summed E-state index contributed by atoms with van der Waals surface area (Å²) in [5, 5.41) is 0. The second-order valence-corrected chi connectivity index (χ2v) is 16.6. The van der Waals surface area contributed by atoms with Gasteiger partial charge < -0.3 is 25.7 Å². The van der Waals surface area contributed by atoms with Crippen LogP contribution >= 0.6 is 0 Å². The minimum Gasteiger partial charge on any atom is -0.490 e. The van der Waals surface area contributed by atoms with Crippen LogP contribution < -0.4 is 20.9 Å². The van der Waals surface area contributed by atoms with Gasteiger partial charge in [-0.15, -0.1) is 0 Å². The van der Waals surface area contributed by atoms with Gasteiger partial charge in [0.05, 0.1) is 12.7 Å². The van der Waals surface area contributed by atoms with Crippen LogP contribution in [0.5, 0.6) is 11.5 Å². The quantitative estimate of drug-likeness (QED) is 0.126. The van der Waals surface area contributed by atoms with E-state index < -0.39 is 0 Å². The summed E-state index contributed by atoms with van der Waals surface area (Å²) in [6.45, 7) is 10.4. The van der Waals surface area contributed by atoms with Crippen LogP contribution in [0.1, 0.15) is 118 Å².